The summed E-state index contributed by atoms with van der Waals surface area (Å²) in [6.45, 7) is 2.23. The van der Waals surface area contributed by atoms with Crippen LogP contribution in [0.4, 0.5) is 8.78 Å². The van der Waals surface area contributed by atoms with Gasteiger partial charge in [-0.15, -0.1) is 0 Å². The quantitative estimate of drug-likeness (QED) is 0.723. The second-order valence-corrected chi connectivity index (χ2v) is 3.63. The molecule has 0 amide bonds. The maximum atomic E-state index is 13.4. The minimum absolute atomic E-state index is 0.314. The summed E-state index contributed by atoms with van der Waals surface area (Å²) in [6.07, 6.45) is 0.519. The molecule has 1 rings (SSSR count). The molecule has 1 aromatic carbocycles. The van der Waals surface area contributed by atoms with Crippen molar-refractivity contribution in [1.29, 1.82) is 0 Å². The van der Waals surface area contributed by atoms with Crippen LogP contribution in [-0.4, -0.2) is 19.0 Å². The van der Waals surface area contributed by atoms with E-state index in [4.69, 9.17) is 0 Å². The van der Waals surface area contributed by atoms with Crippen LogP contribution in [0.5, 0.6) is 0 Å². The number of hydrogen-bond acceptors (Lipinski definition) is 1. The molecule has 0 N–H and O–H groups in total. The highest BCUT2D eigenvalue weighted by Crippen LogP contribution is 2.16. The van der Waals surface area contributed by atoms with E-state index in [0.29, 0.717) is 24.1 Å². The molecular weight excluding hydrogens is 184 g/mol. The molecule has 1 aromatic rings. The smallest absolute Gasteiger partial charge is 0.128 e. The van der Waals surface area contributed by atoms with Crippen molar-refractivity contribution in [3.8, 4) is 0 Å². The molecule has 0 saturated heterocycles. The molecule has 78 valence electrons. The van der Waals surface area contributed by atoms with Gasteiger partial charge in [-0.2, -0.15) is 0 Å². The Morgan fingerprint density at radius 3 is 2.07 bits per heavy atom. The summed E-state index contributed by atoms with van der Waals surface area (Å²) in [5.74, 6) is -0.636. The Morgan fingerprint density at radius 1 is 1.07 bits per heavy atom. The van der Waals surface area contributed by atoms with Gasteiger partial charge in [-0.25, -0.2) is 8.78 Å². The van der Waals surface area contributed by atoms with Gasteiger partial charge in [-0.3, -0.25) is 0 Å². The van der Waals surface area contributed by atoms with Crippen molar-refractivity contribution in [1.82, 2.24) is 4.90 Å². The lowest BCUT2D eigenvalue weighted by Crippen LogP contribution is -2.12. The van der Waals surface area contributed by atoms with Crippen molar-refractivity contribution < 1.29 is 8.78 Å². The largest absolute Gasteiger partial charge is 0.305 e. The summed E-state index contributed by atoms with van der Waals surface area (Å²) in [7, 11) is 3.65. The van der Waals surface area contributed by atoms with E-state index in [1.807, 2.05) is 25.9 Å². The highest BCUT2D eigenvalue weighted by Gasteiger charge is 2.09. The third-order valence-corrected chi connectivity index (χ3v) is 2.08. The van der Waals surface area contributed by atoms with E-state index >= 15 is 0 Å². The Bertz CT molecular complexity index is 321. The number of aryl methyl sites for hydroxylation is 1. The lowest BCUT2D eigenvalue weighted by molar-refractivity contribution is 0.390. The number of halogens is 2. The molecule has 0 unspecified atom stereocenters. The van der Waals surface area contributed by atoms with Crippen LogP contribution in [0.3, 0.4) is 0 Å². The Kier molecular flexibility index (Phi) is 3.58. The summed E-state index contributed by atoms with van der Waals surface area (Å²) in [5, 5.41) is 0. The first kappa shape index (κ1) is 11.1. The highest BCUT2D eigenvalue weighted by atomic mass is 19.1. The summed E-state index contributed by atoms with van der Waals surface area (Å²) in [6, 6.07) is 2.57. The molecule has 0 aliphatic heterocycles. The van der Waals surface area contributed by atoms with E-state index in [9.17, 15) is 8.78 Å². The van der Waals surface area contributed by atoms with Crippen LogP contribution in [0.25, 0.3) is 0 Å². The lowest BCUT2D eigenvalue weighted by Gasteiger charge is -2.11. The van der Waals surface area contributed by atoms with Gasteiger partial charge in [0.25, 0.3) is 0 Å². The summed E-state index contributed by atoms with van der Waals surface area (Å²) in [5.41, 5.74) is 0.842. The van der Waals surface area contributed by atoms with Crippen LogP contribution in [0.1, 0.15) is 18.1 Å². The summed E-state index contributed by atoms with van der Waals surface area (Å²) in [4.78, 5) is 1.81. The predicted octanol–water partition coefficient (Wildman–Crippen LogP) is 2.59. The molecule has 0 aliphatic rings. The van der Waals surface area contributed by atoms with Gasteiger partial charge in [-0.05, 0) is 38.2 Å². The van der Waals surface area contributed by atoms with Crippen LogP contribution < -0.4 is 0 Å². The van der Waals surface area contributed by atoms with Gasteiger partial charge in [0, 0.05) is 12.1 Å². The Hall–Kier alpha value is -0.960. The first-order valence-electron chi connectivity index (χ1n) is 4.66. The second kappa shape index (κ2) is 4.51. The van der Waals surface area contributed by atoms with Crippen molar-refractivity contribution in [2.24, 2.45) is 0 Å². The zero-order valence-corrected chi connectivity index (χ0v) is 8.77. The lowest BCUT2D eigenvalue weighted by atomic mass is 10.1. The summed E-state index contributed by atoms with van der Waals surface area (Å²) >= 11 is 0. The molecule has 0 atom stereocenters. The Morgan fingerprint density at radius 2 is 1.57 bits per heavy atom. The zero-order valence-electron chi connectivity index (χ0n) is 8.77. The molecule has 0 bridgehead atoms. The van der Waals surface area contributed by atoms with Gasteiger partial charge in [0.15, 0.2) is 0 Å². The molecule has 0 fully saturated rings. The van der Waals surface area contributed by atoms with Crippen LogP contribution in [0.15, 0.2) is 12.1 Å². The fourth-order valence-electron chi connectivity index (χ4n) is 1.36. The van der Waals surface area contributed by atoms with Crippen molar-refractivity contribution in [3.63, 3.8) is 0 Å². The van der Waals surface area contributed by atoms with E-state index in [-0.39, 0.29) is 11.6 Å². The fraction of sp³-hybridized carbons (Fsp3) is 0.455. The van der Waals surface area contributed by atoms with Gasteiger partial charge in [0.05, 0.1) is 0 Å². The van der Waals surface area contributed by atoms with E-state index in [0.717, 1.165) is 0 Å². The SMILES string of the molecule is CCc1cc(F)c(CN(C)C)cc1F. The molecule has 0 aliphatic carbocycles. The van der Waals surface area contributed by atoms with E-state index in [1.165, 1.54) is 12.1 Å². The van der Waals surface area contributed by atoms with Crippen molar-refractivity contribution in [2.75, 3.05) is 14.1 Å². The Balaban J connectivity index is 3.02. The molecule has 0 spiro atoms. The Labute approximate surface area is 83.3 Å². The highest BCUT2D eigenvalue weighted by molar-refractivity contribution is 5.26. The zero-order chi connectivity index (χ0) is 10.7. The molecule has 1 nitrogen and oxygen atoms in total. The van der Waals surface area contributed by atoms with Gasteiger partial charge in [0.2, 0.25) is 0 Å². The molecule has 0 aromatic heterocycles. The monoisotopic (exact) mass is 199 g/mol. The standard InChI is InChI=1S/C11H15F2N/c1-4-8-5-11(13)9(6-10(8)12)7-14(2)3/h5-6H,4,7H2,1-3H3. The summed E-state index contributed by atoms with van der Waals surface area (Å²) < 4.78 is 26.7. The number of benzene rings is 1. The first-order valence-corrected chi connectivity index (χ1v) is 4.66. The van der Waals surface area contributed by atoms with E-state index < -0.39 is 0 Å². The predicted molar refractivity (Wildman–Crippen MR) is 53.1 cm³/mol. The molecular formula is C11H15F2N. The number of nitrogens with zero attached hydrogens (tertiary/aromatic N) is 1. The normalized spacial score (nSPS) is 11.0. The third-order valence-electron chi connectivity index (χ3n) is 2.08. The van der Waals surface area contributed by atoms with Crippen molar-refractivity contribution >= 4 is 0 Å². The minimum Gasteiger partial charge on any atom is -0.305 e. The van der Waals surface area contributed by atoms with E-state index in [2.05, 4.69) is 0 Å². The molecule has 3 heteroatoms. The second-order valence-electron chi connectivity index (χ2n) is 3.63. The van der Waals surface area contributed by atoms with Gasteiger partial charge >= 0.3 is 0 Å². The first-order chi connectivity index (χ1) is 6.54. The number of rotatable bonds is 3. The van der Waals surface area contributed by atoms with Crippen LogP contribution in [-0.2, 0) is 13.0 Å². The fourth-order valence-corrected chi connectivity index (χ4v) is 1.36. The maximum absolute atomic E-state index is 13.4. The molecule has 14 heavy (non-hydrogen) atoms. The topological polar surface area (TPSA) is 3.24 Å². The maximum Gasteiger partial charge on any atom is 0.128 e. The van der Waals surface area contributed by atoms with Gasteiger partial charge < -0.3 is 4.90 Å². The molecule has 0 radical (unpaired) electrons. The third kappa shape index (κ3) is 2.51. The van der Waals surface area contributed by atoms with Gasteiger partial charge in [-0.1, -0.05) is 6.92 Å². The average Bonchev–Trinajstić information content (AvgIpc) is 2.10. The van der Waals surface area contributed by atoms with E-state index in [1.54, 1.807) is 0 Å². The number of hydrogen-bond donors (Lipinski definition) is 0. The molecule has 0 heterocycles. The average molecular weight is 199 g/mol. The minimum atomic E-state index is -0.322. The van der Waals surface area contributed by atoms with Crippen molar-refractivity contribution in [2.45, 2.75) is 19.9 Å². The van der Waals surface area contributed by atoms with Gasteiger partial charge in [0.1, 0.15) is 11.6 Å². The van der Waals surface area contributed by atoms with Crippen LogP contribution >= 0.6 is 0 Å². The molecule has 0 saturated carbocycles. The van der Waals surface area contributed by atoms with Crippen LogP contribution in [0, 0.1) is 11.6 Å². The van der Waals surface area contributed by atoms with Crippen molar-refractivity contribution in [3.05, 3.63) is 34.9 Å². The van der Waals surface area contributed by atoms with Crippen LogP contribution in [0.2, 0.25) is 0 Å².